The second-order valence-corrected chi connectivity index (χ2v) is 4.31. The average Bonchev–Trinajstić information content (AvgIpc) is 2.41. The molecule has 112 valence electrons. The van der Waals surface area contributed by atoms with Gasteiger partial charge in [-0.05, 0) is 31.2 Å². The summed E-state index contributed by atoms with van der Waals surface area (Å²) in [5, 5.41) is 5.61. The molecule has 2 N–H and O–H groups in total. The van der Waals surface area contributed by atoms with Crippen molar-refractivity contribution in [2.24, 2.45) is 0 Å². The van der Waals surface area contributed by atoms with Crippen LogP contribution in [0, 0.1) is 5.82 Å². The summed E-state index contributed by atoms with van der Waals surface area (Å²) in [6.07, 6.45) is -1.55. The minimum Gasteiger partial charge on any atom is -0.384 e. The van der Waals surface area contributed by atoms with E-state index in [1.165, 1.54) is 6.20 Å². The van der Waals surface area contributed by atoms with Crippen LogP contribution in [0.3, 0.4) is 0 Å². The summed E-state index contributed by atoms with van der Waals surface area (Å²) in [7, 11) is 0. The van der Waals surface area contributed by atoms with Crippen molar-refractivity contribution >= 4 is 17.1 Å². The molecule has 0 unspecified atom stereocenters. The zero-order valence-electron chi connectivity index (χ0n) is 11.1. The number of anilines is 3. The van der Waals surface area contributed by atoms with Crippen molar-refractivity contribution in [3.63, 3.8) is 0 Å². The standard InChI is InChI=1S/C14H13F4N3/c1-2-20-10-6-11(8-19-7-10)21-13-5-9(14(16,17)18)3-4-12(13)15/h3-8,20-21H,2H2,1H3. The number of alkyl halides is 3. The molecular weight excluding hydrogens is 286 g/mol. The van der Waals surface area contributed by atoms with E-state index < -0.39 is 17.6 Å². The predicted octanol–water partition coefficient (Wildman–Crippen LogP) is 4.41. The first-order valence-electron chi connectivity index (χ1n) is 6.23. The van der Waals surface area contributed by atoms with Crippen molar-refractivity contribution in [2.45, 2.75) is 13.1 Å². The Labute approximate surface area is 119 Å². The molecule has 0 radical (unpaired) electrons. The fourth-order valence-corrected chi connectivity index (χ4v) is 1.76. The van der Waals surface area contributed by atoms with Crippen molar-refractivity contribution in [2.75, 3.05) is 17.2 Å². The van der Waals surface area contributed by atoms with Gasteiger partial charge in [0, 0.05) is 6.54 Å². The van der Waals surface area contributed by atoms with Crippen molar-refractivity contribution in [1.82, 2.24) is 4.98 Å². The summed E-state index contributed by atoms with van der Waals surface area (Å²) >= 11 is 0. The van der Waals surface area contributed by atoms with Gasteiger partial charge in [-0.1, -0.05) is 0 Å². The van der Waals surface area contributed by atoms with E-state index in [1.807, 2.05) is 6.92 Å². The van der Waals surface area contributed by atoms with Crippen LogP contribution in [0.25, 0.3) is 0 Å². The molecule has 1 heterocycles. The SMILES string of the molecule is CCNc1cncc(Nc2cc(C(F)(F)F)ccc2F)c1. The van der Waals surface area contributed by atoms with Crippen molar-refractivity contribution in [3.05, 3.63) is 48.0 Å². The highest BCUT2D eigenvalue weighted by molar-refractivity contribution is 5.64. The molecule has 0 bridgehead atoms. The van der Waals surface area contributed by atoms with Crippen LogP contribution in [0.4, 0.5) is 34.6 Å². The minimum atomic E-state index is -4.52. The van der Waals surface area contributed by atoms with Crippen molar-refractivity contribution in [3.8, 4) is 0 Å². The molecule has 3 nitrogen and oxygen atoms in total. The molecular formula is C14H13F4N3. The van der Waals surface area contributed by atoms with E-state index in [-0.39, 0.29) is 5.69 Å². The van der Waals surface area contributed by atoms with Gasteiger partial charge in [-0.15, -0.1) is 0 Å². The molecule has 0 spiro atoms. The average molecular weight is 299 g/mol. The molecule has 0 saturated carbocycles. The summed E-state index contributed by atoms with van der Waals surface area (Å²) in [4.78, 5) is 3.93. The first-order chi connectivity index (χ1) is 9.90. The number of nitrogens with one attached hydrogen (secondary N) is 2. The smallest absolute Gasteiger partial charge is 0.384 e. The zero-order chi connectivity index (χ0) is 15.5. The molecule has 0 aliphatic heterocycles. The Bertz CT molecular complexity index is 626. The maximum atomic E-state index is 13.6. The van der Waals surface area contributed by atoms with Crippen LogP contribution in [0.5, 0.6) is 0 Å². The fourth-order valence-electron chi connectivity index (χ4n) is 1.76. The monoisotopic (exact) mass is 299 g/mol. The number of aromatic nitrogens is 1. The number of hydrogen-bond acceptors (Lipinski definition) is 3. The normalized spacial score (nSPS) is 11.3. The molecule has 0 saturated heterocycles. The Balaban J connectivity index is 2.28. The van der Waals surface area contributed by atoms with Crippen LogP contribution in [-0.4, -0.2) is 11.5 Å². The highest BCUT2D eigenvalue weighted by atomic mass is 19.4. The topological polar surface area (TPSA) is 37.0 Å². The van der Waals surface area contributed by atoms with Gasteiger partial charge in [0.2, 0.25) is 0 Å². The number of nitrogens with zero attached hydrogens (tertiary/aromatic N) is 1. The summed E-state index contributed by atoms with van der Waals surface area (Å²) in [6, 6.07) is 3.85. The fraction of sp³-hybridized carbons (Fsp3) is 0.214. The molecule has 21 heavy (non-hydrogen) atoms. The summed E-state index contributed by atoms with van der Waals surface area (Å²) in [6.45, 7) is 2.57. The van der Waals surface area contributed by atoms with E-state index in [0.717, 1.165) is 12.1 Å². The quantitative estimate of drug-likeness (QED) is 0.821. The van der Waals surface area contributed by atoms with E-state index in [1.54, 1.807) is 12.3 Å². The molecule has 0 fully saturated rings. The van der Waals surface area contributed by atoms with Crippen molar-refractivity contribution < 1.29 is 17.6 Å². The second-order valence-electron chi connectivity index (χ2n) is 4.31. The molecule has 1 aromatic heterocycles. The third kappa shape index (κ3) is 3.84. The Hall–Kier alpha value is -2.31. The summed E-state index contributed by atoms with van der Waals surface area (Å²) in [5.74, 6) is -0.767. The molecule has 7 heteroatoms. The van der Waals surface area contributed by atoms with Gasteiger partial charge in [0.15, 0.2) is 0 Å². The highest BCUT2D eigenvalue weighted by Crippen LogP contribution is 2.32. The lowest BCUT2D eigenvalue weighted by Crippen LogP contribution is -2.06. The van der Waals surface area contributed by atoms with Gasteiger partial charge in [0.25, 0.3) is 0 Å². The van der Waals surface area contributed by atoms with E-state index in [2.05, 4.69) is 15.6 Å². The van der Waals surface area contributed by atoms with E-state index in [9.17, 15) is 17.6 Å². The number of hydrogen-bond donors (Lipinski definition) is 2. The van der Waals surface area contributed by atoms with Gasteiger partial charge < -0.3 is 10.6 Å². The molecule has 0 aliphatic rings. The Kier molecular flexibility index (Phi) is 4.30. The third-order valence-corrected chi connectivity index (χ3v) is 2.69. The Morgan fingerprint density at radius 1 is 1.10 bits per heavy atom. The highest BCUT2D eigenvalue weighted by Gasteiger charge is 2.31. The van der Waals surface area contributed by atoms with Crippen LogP contribution in [-0.2, 0) is 6.18 Å². The van der Waals surface area contributed by atoms with Crippen LogP contribution >= 0.6 is 0 Å². The van der Waals surface area contributed by atoms with Crippen LogP contribution in [0.1, 0.15) is 12.5 Å². The van der Waals surface area contributed by atoms with Gasteiger partial charge in [0.1, 0.15) is 5.82 Å². The Morgan fingerprint density at radius 2 is 1.81 bits per heavy atom. The summed E-state index contributed by atoms with van der Waals surface area (Å²) in [5.41, 5.74) is -0.0796. The Morgan fingerprint density at radius 3 is 2.48 bits per heavy atom. The lowest BCUT2D eigenvalue weighted by molar-refractivity contribution is -0.137. The van der Waals surface area contributed by atoms with Crippen molar-refractivity contribution in [1.29, 1.82) is 0 Å². The minimum absolute atomic E-state index is 0.250. The van der Waals surface area contributed by atoms with E-state index in [4.69, 9.17) is 0 Å². The predicted molar refractivity (Wildman–Crippen MR) is 73.1 cm³/mol. The first kappa shape index (κ1) is 15.1. The van der Waals surface area contributed by atoms with Gasteiger partial charge in [-0.25, -0.2) is 4.39 Å². The lowest BCUT2D eigenvalue weighted by atomic mass is 10.2. The van der Waals surface area contributed by atoms with E-state index in [0.29, 0.717) is 24.0 Å². The van der Waals surface area contributed by atoms with E-state index >= 15 is 0 Å². The van der Waals surface area contributed by atoms with Gasteiger partial charge in [0.05, 0.1) is 35.0 Å². The number of benzene rings is 1. The van der Waals surface area contributed by atoms with Crippen LogP contribution in [0.15, 0.2) is 36.7 Å². The largest absolute Gasteiger partial charge is 0.416 e. The number of halogens is 4. The molecule has 2 rings (SSSR count). The molecule has 0 atom stereocenters. The number of rotatable bonds is 4. The van der Waals surface area contributed by atoms with Gasteiger partial charge in [-0.3, -0.25) is 4.98 Å². The summed E-state index contributed by atoms with van der Waals surface area (Å²) < 4.78 is 51.5. The lowest BCUT2D eigenvalue weighted by Gasteiger charge is -2.12. The maximum absolute atomic E-state index is 13.6. The first-order valence-corrected chi connectivity index (χ1v) is 6.23. The second kappa shape index (κ2) is 5.99. The number of pyridine rings is 1. The van der Waals surface area contributed by atoms with Gasteiger partial charge in [-0.2, -0.15) is 13.2 Å². The molecule has 2 aromatic rings. The van der Waals surface area contributed by atoms with Crippen LogP contribution in [0.2, 0.25) is 0 Å². The molecule has 1 aromatic carbocycles. The molecule has 0 amide bonds. The van der Waals surface area contributed by atoms with Gasteiger partial charge >= 0.3 is 6.18 Å². The van der Waals surface area contributed by atoms with Crippen LogP contribution < -0.4 is 10.6 Å². The zero-order valence-corrected chi connectivity index (χ0v) is 11.1. The maximum Gasteiger partial charge on any atom is 0.416 e. The molecule has 0 aliphatic carbocycles. The third-order valence-electron chi connectivity index (χ3n) is 2.69.